The zero-order chi connectivity index (χ0) is 28.8. The SMILES string of the molecule is CC(NC(=O)C[C@H](O)C[C@@H](O)/C=C/c1c(-c2ccc(F)cc2)nc(N(C)S(C)(=O)=O)nc1C(C)C)C(=O)O. The largest absolute Gasteiger partial charge is 0.480 e. The molecule has 2 rings (SSSR count). The van der Waals surface area contributed by atoms with Crippen molar-refractivity contribution >= 4 is 33.9 Å². The van der Waals surface area contributed by atoms with E-state index in [0.29, 0.717) is 22.5 Å². The first kappa shape index (κ1) is 30.8. The Morgan fingerprint density at radius 2 is 1.74 bits per heavy atom. The van der Waals surface area contributed by atoms with E-state index in [-0.39, 0.29) is 18.3 Å². The molecule has 1 aromatic carbocycles. The van der Waals surface area contributed by atoms with Gasteiger partial charge in [0.25, 0.3) is 0 Å². The predicted molar refractivity (Wildman–Crippen MR) is 140 cm³/mol. The van der Waals surface area contributed by atoms with E-state index in [4.69, 9.17) is 5.11 Å². The monoisotopic (exact) mass is 552 g/mol. The van der Waals surface area contributed by atoms with Crippen LogP contribution >= 0.6 is 0 Å². The van der Waals surface area contributed by atoms with Gasteiger partial charge in [0.05, 0.1) is 36.3 Å². The summed E-state index contributed by atoms with van der Waals surface area (Å²) in [5.74, 6) is -2.65. The van der Waals surface area contributed by atoms with Gasteiger partial charge in [-0.15, -0.1) is 0 Å². The Hall–Kier alpha value is -3.42. The summed E-state index contributed by atoms with van der Waals surface area (Å²) in [6, 6.07) is 4.33. The van der Waals surface area contributed by atoms with Crippen LogP contribution in [0.3, 0.4) is 0 Å². The number of carbonyl (C=O) groups is 2. The topological polar surface area (TPSA) is 170 Å². The molecule has 4 N–H and O–H groups in total. The van der Waals surface area contributed by atoms with Crippen molar-refractivity contribution < 1.29 is 37.7 Å². The summed E-state index contributed by atoms with van der Waals surface area (Å²) in [6.07, 6.45) is 0.843. The highest BCUT2D eigenvalue weighted by Gasteiger charge is 2.23. The minimum absolute atomic E-state index is 0.0785. The van der Waals surface area contributed by atoms with Gasteiger partial charge >= 0.3 is 5.97 Å². The van der Waals surface area contributed by atoms with Gasteiger partial charge in [0.2, 0.25) is 21.9 Å². The quantitative estimate of drug-likeness (QED) is 0.307. The predicted octanol–water partition coefficient (Wildman–Crippen LogP) is 1.91. The van der Waals surface area contributed by atoms with Gasteiger partial charge in [0.15, 0.2) is 0 Å². The summed E-state index contributed by atoms with van der Waals surface area (Å²) < 4.78 is 38.8. The lowest BCUT2D eigenvalue weighted by atomic mass is 9.97. The molecule has 1 amide bonds. The third-order valence-electron chi connectivity index (χ3n) is 5.57. The van der Waals surface area contributed by atoms with Crippen LogP contribution < -0.4 is 9.62 Å². The Bertz CT molecular complexity index is 1280. The molecular formula is C25H33FN4O7S. The molecule has 0 radical (unpaired) electrons. The summed E-state index contributed by atoms with van der Waals surface area (Å²) in [5, 5.41) is 31.8. The number of hydrogen-bond donors (Lipinski definition) is 4. The highest BCUT2D eigenvalue weighted by molar-refractivity contribution is 7.92. The number of nitrogens with one attached hydrogen (secondary N) is 1. The second kappa shape index (κ2) is 12.9. The number of anilines is 1. The first-order valence-corrected chi connectivity index (χ1v) is 13.6. The summed E-state index contributed by atoms with van der Waals surface area (Å²) in [6.45, 7) is 4.97. The van der Waals surface area contributed by atoms with E-state index >= 15 is 0 Å². The Morgan fingerprint density at radius 1 is 1.13 bits per heavy atom. The van der Waals surface area contributed by atoms with Crippen LogP contribution in [0.15, 0.2) is 30.3 Å². The van der Waals surface area contributed by atoms with E-state index in [9.17, 15) is 32.6 Å². The standard InChI is InChI=1S/C25H33FN4O7S/c1-14(2)22-20(11-10-18(31)12-19(32)13-21(33)27-15(3)24(34)35)23(16-6-8-17(26)9-7-16)29-25(28-22)30(4)38(5,36)37/h6-11,14-15,18-19,31-32H,12-13H2,1-5H3,(H,27,33)(H,34,35)/b11-10+/t15?,18-,19+/m0/s1. The molecule has 0 aliphatic rings. The minimum Gasteiger partial charge on any atom is -0.480 e. The van der Waals surface area contributed by atoms with E-state index in [1.54, 1.807) is 0 Å². The average Bonchev–Trinajstić information content (AvgIpc) is 2.81. The Balaban J connectivity index is 2.41. The van der Waals surface area contributed by atoms with Gasteiger partial charge in [-0.25, -0.2) is 27.1 Å². The second-order valence-corrected chi connectivity index (χ2v) is 11.2. The van der Waals surface area contributed by atoms with Gasteiger partial charge in [-0.1, -0.05) is 26.0 Å². The molecule has 3 atom stereocenters. The third kappa shape index (κ3) is 8.57. The van der Waals surface area contributed by atoms with Crippen molar-refractivity contribution in [2.24, 2.45) is 0 Å². The fraction of sp³-hybridized carbons (Fsp3) is 0.440. The minimum atomic E-state index is -3.68. The van der Waals surface area contributed by atoms with Crippen molar-refractivity contribution in [1.29, 1.82) is 0 Å². The van der Waals surface area contributed by atoms with Gasteiger partial charge < -0.3 is 20.6 Å². The lowest BCUT2D eigenvalue weighted by molar-refractivity contribution is -0.141. The van der Waals surface area contributed by atoms with Gasteiger partial charge in [-0.05, 0) is 37.1 Å². The van der Waals surface area contributed by atoms with Crippen LogP contribution in [0.1, 0.15) is 50.8 Å². The molecule has 0 aliphatic heterocycles. The molecule has 11 nitrogen and oxygen atoms in total. The number of amides is 1. The molecular weight excluding hydrogens is 519 g/mol. The van der Waals surface area contributed by atoms with Gasteiger partial charge in [-0.2, -0.15) is 0 Å². The van der Waals surface area contributed by atoms with Crippen molar-refractivity contribution in [2.75, 3.05) is 17.6 Å². The number of benzene rings is 1. The van der Waals surface area contributed by atoms with Crippen LogP contribution in [0.2, 0.25) is 0 Å². The lowest BCUT2D eigenvalue weighted by Crippen LogP contribution is -2.39. The van der Waals surface area contributed by atoms with Gasteiger partial charge in [0.1, 0.15) is 11.9 Å². The fourth-order valence-electron chi connectivity index (χ4n) is 3.42. The zero-order valence-electron chi connectivity index (χ0n) is 21.8. The number of aliphatic hydroxyl groups excluding tert-OH is 2. The molecule has 2 aromatic rings. The van der Waals surface area contributed by atoms with Crippen molar-refractivity contribution in [3.63, 3.8) is 0 Å². The second-order valence-electron chi connectivity index (χ2n) is 9.21. The Kier molecular flexibility index (Phi) is 10.5. The molecule has 1 heterocycles. The molecule has 208 valence electrons. The van der Waals surface area contributed by atoms with Crippen LogP contribution in [-0.4, -0.2) is 77.1 Å². The smallest absolute Gasteiger partial charge is 0.325 e. The molecule has 0 bridgehead atoms. The summed E-state index contributed by atoms with van der Waals surface area (Å²) in [7, 11) is -2.36. The molecule has 0 fully saturated rings. The first-order chi connectivity index (χ1) is 17.6. The number of rotatable bonds is 12. The van der Waals surface area contributed by atoms with Gasteiger partial charge in [0, 0.05) is 24.6 Å². The maximum atomic E-state index is 13.6. The van der Waals surface area contributed by atoms with E-state index in [2.05, 4.69) is 15.3 Å². The van der Waals surface area contributed by atoms with Crippen molar-refractivity contribution in [1.82, 2.24) is 15.3 Å². The normalized spacial score (nSPS) is 14.3. The third-order valence-corrected chi connectivity index (χ3v) is 6.73. The Morgan fingerprint density at radius 3 is 2.26 bits per heavy atom. The van der Waals surface area contributed by atoms with Crippen LogP contribution in [0.25, 0.3) is 17.3 Å². The Labute approximate surface area is 221 Å². The number of halogens is 1. The number of aromatic nitrogens is 2. The van der Waals surface area contributed by atoms with E-state index in [1.165, 1.54) is 50.4 Å². The average molecular weight is 553 g/mol. The van der Waals surface area contributed by atoms with Crippen LogP contribution in [0, 0.1) is 5.82 Å². The number of nitrogens with zero attached hydrogens (tertiary/aromatic N) is 3. The number of carbonyl (C=O) groups excluding carboxylic acids is 1. The summed E-state index contributed by atoms with van der Waals surface area (Å²) in [5.41, 5.74) is 1.71. The molecule has 1 unspecified atom stereocenters. The number of hydrogen-bond acceptors (Lipinski definition) is 8. The highest BCUT2D eigenvalue weighted by atomic mass is 32.2. The number of sulfonamides is 1. The van der Waals surface area contributed by atoms with Crippen LogP contribution in [-0.2, 0) is 19.6 Å². The highest BCUT2D eigenvalue weighted by Crippen LogP contribution is 2.31. The maximum Gasteiger partial charge on any atom is 0.325 e. The lowest BCUT2D eigenvalue weighted by Gasteiger charge is -2.20. The zero-order valence-corrected chi connectivity index (χ0v) is 22.6. The number of carboxylic acid groups (broad SMARTS) is 1. The van der Waals surface area contributed by atoms with Gasteiger partial charge in [-0.3, -0.25) is 9.59 Å². The molecule has 0 spiro atoms. The molecule has 1 aromatic heterocycles. The molecule has 38 heavy (non-hydrogen) atoms. The van der Waals surface area contributed by atoms with Crippen molar-refractivity contribution in [3.8, 4) is 11.3 Å². The van der Waals surface area contributed by atoms with E-state index in [0.717, 1.165) is 10.6 Å². The van der Waals surface area contributed by atoms with E-state index in [1.807, 2.05) is 13.8 Å². The number of carboxylic acids is 1. The number of aliphatic carboxylic acids is 1. The van der Waals surface area contributed by atoms with E-state index < -0.39 is 52.4 Å². The number of aliphatic hydroxyl groups is 2. The van der Waals surface area contributed by atoms with Crippen LogP contribution in [0.4, 0.5) is 10.3 Å². The summed E-state index contributed by atoms with van der Waals surface area (Å²) in [4.78, 5) is 31.6. The molecule has 13 heteroatoms. The van der Waals surface area contributed by atoms with Crippen molar-refractivity contribution in [3.05, 3.63) is 47.4 Å². The van der Waals surface area contributed by atoms with Crippen molar-refractivity contribution in [2.45, 2.75) is 57.8 Å². The molecule has 0 aliphatic carbocycles. The molecule has 0 saturated heterocycles. The first-order valence-electron chi connectivity index (χ1n) is 11.8. The van der Waals surface area contributed by atoms with Crippen LogP contribution in [0.5, 0.6) is 0 Å². The summed E-state index contributed by atoms with van der Waals surface area (Å²) >= 11 is 0. The fourth-order valence-corrected chi connectivity index (χ4v) is 3.80. The molecule has 0 saturated carbocycles. The maximum absolute atomic E-state index is 13.6.